The molecule has 0 saturated carbocycles. The number of carbonyl (C=O) groups is 1. The van der Waals surface area contributed by atoms with Gasteiger partial charge in [-0.2, -0.15) is 0 Å². The monoisotopic (exact) mass is 335 g/mol. The number of non-ortho nitro benzene ring substituents is 1. The van der Waals surface area contributed by atoms with Crippen LogP contribution in [0.3, 0.4) is 0 Å². The summed E-state index contributed by atoms with van der Waals surface area (Å²) >= 11 is 0. The number of esters is 1. The predicted octanol–water partition coefficient (Wildman–Crippen LogP) is 3.39. The first-order valence-corrected chi connectivity index (χ1v) is 7.35. The van der Waals surface area contributed by atoms with E-state index in [-0.39, 0.29) is 23.3 Å². The van der Waals surface area contributed by atoms with Crippen LogP contribution < -0.4 is 0 Å². The van der Waals surface area contributed by atoms with Crippen LogP contribution in [0.15, 0.2) is 24.7 Å². The van der Waals surface area contributed by atoms with Crippen LogP contribution in [0, 0.1) is 15.9 Å². The van der Waals surface area contributed by atoms with E-state index >= 15 is 0 Å². The molecule has 8 heteroatoms. The zero-order valence-electron chi connectivity index (χ0n) is 13.9. The van der Waals surface area contributed by atoms with E-state index in [1.54, 1.807) is 13.1 Å². The van der Waals surface area contributed by atoms with E-state index in [0.717, 1.165) is 12.1 Å². The summed E-state index contributed by atoms with van der Waals surface area (Å²) in [5, 5.41) is 10.9. The average Bonchev–Trinajstić information content (AvgIpc) is 2.96. The molecule has 0 bridgehead atoms. The predicted molar refractivity (Wildman–Crippen MR) is 84.8 cm³/mol. The van der Waals surface area contributed by atoms with Gasteiger partial charge in [-0.1, -0.05) is 20.8 Å². The Kier molecular flexibility index (Phi) is 4.68. The summed E-state index contributed by atoms with van der Waals surface area (Å²) in [6.07, 6.45) is 2.96. The highest BCUT2D eigenvalue weighted by molar-refractivity contribution is 5.94. The summed E-state index contributed by atoms with van der Waals surface area (Å²) in [4.78, 5) is 26.5. The quantitative estimate of drug-likeness (QED) is 0.485. The van der Waals surface area contributed by atoms with Crippen molar-refractivity contribution in [2.75, 3.05) is 6.61 Å². The third kappa shape index (κ3) is 3.42. The number of halogens is 1. The molecule has 0 aliphatic rings. The van der Waals surface area contributed by atoms with E-state index in [4.69, 9.17) is 4.74 Å². The van der Waals surface area contributed by atoms with Crippen molar-refractivity contribution in [1.82, 2.24) is 9.55 Å². The van der Waals surface area contributed by atoms with Gasteiger partial charge in [0.1, 0.15) is 0 Å². The number of ether oxygens (including phenoxy) is 1. The van der Waals surface area contributed by atoms with Crippen molar-refractivity contribution < 1.29 is 18.8 Å². The van der Waals surface area contributed by atoms with Gasteiger partial charge in [-0.25, -0.2) is 14.2 Å². The van der Waals surface area contributed by atoms with Crippen molar-refractivity contribution >= 4 is 11.7 Å². The molecule has 0 aliphatic heterocycles. The highest BCUT2D eigenvalue weighted by atomic mass is 19.1. The topological polar surface area (TPSA) is 87.3 Å². The lowest BCUT2D eigenvalue weighted by atomic mass is 9.93. The first kappa shape index (κ1) is 17.6. The van der Waals surface area contributed by atoms with E-state index < -0.39 is 22.4 Å². The smallest absolute Gasteiger partial charge is 0.340 e. The molecule has 24 heavy (non-hydrogen) atoms. The second kappa shape index (κ2) is 6.38. The van der Waals surface area contributed by atoms with Gasteiger partial charge in [0.05, 0.1) is 40.9 Å². The minimum Gasteiger partial charge on any atom is -0.462 e. The average molecular weight is 335 g/mol. The second-order valence-electron chi connectivity index (χ2n) is 6.22. The summed E-state index contributed by atoms with van der Waals surface area (Å²) in [7, 11) is 0. The first-order chi connectivity index (χ1) is 11.1. The Morgan fingerprint density at radius 1 is 1.42 bits per heavy atom. The number of imidazole rings is 1. The molecule has 0 aliphatic carbocycles. The van der Waals surface area contributed by atoms with Gasteiger partial charge in [0.15, 0.2) is 5.82 Å². The first-order valence-electron chi connectivity index (χ1n) is 7.35. The van der Waals surface area contributed by atoms with Crippen LogP contribution in [0.25, 0.3) is 5.69 Å². The largest absolute Gasteiger partial charge is 0.462 e. The van der Waals surface area contributed by atoms with Crippen LogP contribution in [-0.4, -0.2) is 27.1 Å². The summed E-state index contributed by atoms with van der Waals surface area (Å²) in [5.41, 5.74) is -0.443. The number of hydrogen-bond donors (Lipinski definition) is 0. The van der Waals surface area contributed by atoms with Crippen molar-refractivity contribution in [3.63, 3.8) is 0 Å². The molecule has 0 atom stereocenters. The third-order valence-corrected chi connectivity index (χ3v) is 3.36. The van der Waals surface area contributed by atoms with E-state index in [0.29, 0.717) is 5.69 Å². The molecule has 1 heterocycles. The molecule has 0 saturated heterocycles. The lowest BCUT2D eigenvalue weighted by molar-refractivity contribution is -0.385. The van der Waals surface area contributed by atoms with Gasteiger partial charge < -0.3 is 9.30 Å². The molecule has 0 radical (unpaired) electrons. The van der Waals surface area contributed by atoms with Gasteiger partial charge in [0.2, 0.25) is 0 Å². The SMILES string of the molecule is CCOC(=O)c1cc([N+](=O)[O-])cc(F)c1-n1cnc(C(C)(C)C)c1. The number of aromatic nitrogens is 2. The number of nitro benzene ring substituents is 1. The van der Waals surface area contributed by atoms with Crippen molar-refractivity contribution in [3.8, 4) is 5.69 Å². The standard InChI is InChI=1S/C16H18FN3O4/c1-5-24-15(21)11-6-10(20(22)23)7-12(17)14(11)19-8-13(18-9-19)16(2,3)4/h6-9H,5H2,1-4H3. The minimum atomic E-state index is -0.898. The number of rotatable bonds is 4. The van der Waals surface area contributed by atoms with Crippen molar-refractivity contribution in [2.24, 2.45) is 0 Å². The molecule has 0 unspecified atom stereocenters. The van der Waals surface area contributed by atoms with Gasteiger partial charge >= 0.3 is 5.97 Å². The van der Waals surface area contributed by atoms with Crippen LogP contribution in [0.4, 0.5) is 10.1 Å². The number of nitro groups is 1. The molecule has 0 amide bonds. The maximum atomic E-state index is 14.5. The lowest BCUT2D eigenvalue weighted by Crippen LogP contribution is -2.13. The lowest BCUT2D eigenvalue weighted by Gasteiger charge is -2.14. The Hall–Kier alpha value is -2.77. The zero-order valence-corrected chi connectivity index (χ0v) is 13.9. The molecular weight excluding hydrogens is 317 g/mol. The van der Waals surface area contributed by atoms with E-state index in [2.05, 4.69) is 4.98 Å². The maximum absolute atomic E-state index is 14.5. The van der Waals surface area contributed by atoms with Gasteiger partial charge in [-0.05, 0) is 6.92 Å². The van der Waals surface area contributed by atoms with E-state index in [1.165, 1.54) is 10.9 Å². The Bertz CT molecular complexity index is 793. The van der Waals surface area contributed by atoms with Crippen LogP contribution >= 0.6 is 0 Å². The van der Waals surface area contributed by atoms with E-state index in [1.807, 2.05) is 20.8 Å². The number of hydrogen-bond acceptors (Lipinski definition) is 5. The summed E-state index contributed by atoms with van der Waals surface area (Å²) < 4.78 is 20.7. The fraction of sp³-hybridized carbons (Fsp3) is 0.375. The van der Waals surface area contributed by atoms with Crippen LogP contribution in [0.1, 0.15) is 43.7 Å². The van der Waals surface area contributed by atoms with Crippen LogP contribution in [0.5, 0.6) is 0 Å². The van der Waals surface area contributed by atoms with Crippen molar-refractivity contribution in [2.45, 2.75) is 33.1 Å². The van der Waals surface area contributed by atoms with Crippen LogP contribution in [0.2, 0.25) is 0 Å². The van der Waals surface area contributed by atoms with Crippen LogP contribution in [-0.2, 0) is 10.2 Å². The van der Waals surface area contributed by atoms with E-state index in [9.17, 15) is 19.3 Å². The highest BCUT2D eigenvalue weighted by Crippen LogP contribution is 2.28. The molecule has 0 fully saturated rings. The normalized spacial score (nSPS) is 11.4. The Labute approximate surface area is 138 Å². The minimum absolute atomic E-state index is 0.0692. The second-order valence-corrected chi connectivity index (χ2v) is 6.22. The van der Waals surface area contributed by atoms with Gasteiger partial charge in [0, 0.05) is 17.7 Å². The van der Waals surface area contributed by atoms with Gasteiger partial charge in [0.25, 0.3) is 5.69 Å². The zero-order chi connectivity index (χ0) is 18.1. The fourth-order valence-electron chi connectivity index (χ4n) is 2.15. The molecule has 1 aromatic carbocycles. The Balaban J connectivity index is 2.65. The molecule has 0 N–H and O–H groups in total. The molecule has 2 rings (SSSR count). The van der Waals surface area contributed by atoms with Gasteiger partial charge in [-0.3, -0.25) is 10.1 Å². The fourth-order valence-corrected chi connectivity index (χ4v) is 2.15. The van der Waals surface area contributed by atoms with Crippen molar-refractivity contribution in [1.29, 1.82) is 0 Å². The molecule has 1 aromatic heterocycles. The Morgan fingerprint density at radius 2 is 2.08 bits per heavy atom. The Morgan fingerprint density at radius 3 is 2.58 bits per heavy atom. The molecule has 0 spiro atoms. The third-order valence-electron chi connectivity index (χ3n) is 3.36. The highest BCUT2D eigenvalue weighted by Gasteiger charge is 2.25. The number of carbonyl (C=O) groups excluding carboxylic acids is 1. The molecule has 128 valence electrons. The molecular formula is C16H18FN3O4. The maximum Gasteiger partial charge on any atom is 0.340 e. The van der Waals surface area contributed by atoms with Gasteiger partial charge in [-0.15, -0.1) is 0 Å². The number of benzene rings is 1. The summed E-state index contributed by atoms with van der Waals surface area (Å²) in [5.74, 6) is -1.73. The molecule has 7 nitrogen and oxygen atoms in total. The van der Waals surface area contributed by atoms with Crippen molar-refractivity contribution in [3.05, 3.63) is 51.8 Å². The summed E-state index contributed by atoms with van der Waals surface area (Å²) in [6, 6.07) is 1.78. The number of nitrogens with zero attached hydrogens (tertiary/aromatic N) is 3. The molecule has 2 aromatic rings. The summed E-state index contributed by atoms with van der Waals surface area (Å²) in [6.45, 7) is 7.49.